The molecule has 1 aliphatic heterocycles. The molecule has 2 aliphatic rings. The minimum Gasteiger partial charge on any atom is -0.493 e. The number of rotatable bonds is 7. The van der Waals surface area contributed by atoms with Gasteiger partial charge in [0.25, 0.3) is 5.91 Å². The first-order valence-electron chi connectivity index (χ1n) is 10.4. The Hall–Kier alpha value is -3.20. The van der Waals surface area contributed by atoms with E-state index in [1.54, 1.807) is 0 Å². The smallest absolute Gasteiger partial charge is 0.274 e. The van der Waals surface area contributed by atoms with Crippen molar-refractivity contribution >= 4 is 28.0 Å². The lowest BCUT2D eigenvalue weighted by Crippen LogP contribution is -1.98. The average molecular weight is 381 g/mol. The lowest BCUT2D eigenvalue weighted by atomic mass is 9.96. The molecule has 0 saturated heterocycles. The van der Waals surface area contributed by atoms with Crippen LogP contribution in [0.1, 0.15) is 42.9 Å². The van der Waals surface area contributed by atoms with Gasteiger partial charge in [-0.2, -0.15) is 0 Å². The number of ether oxygens (including phenoxy) is 1. The molecule has 5 rings (SSSR count). The first kappa shape index (κ1) is 17.9. The molecule has 0 saturated carbocycles. The lowest BCUT2D eigenvalue weighted by molar-refractivity contribution is -0.114. The van der Waals surface area contributed by atoms with Crippen LogP contribution in [0.15, 0.2) is 71.2 Å². The number of aliphatic imine (C=N–C) groups is 1. The third-order valence-electron chi connectivity index (χ3n) is 5.82. The van der Waals surface area contributed by atoms with Crippen LogP contribution in [-0.2, 0) is 11.2 Å². The number of carbonyl (C=O) groups excluding carboxylic acids is 1. The number of unbranched alkanes of at least 4 members (excludes halogenated alkanes) is 1. The molecule has 1 heterocycles. The summed E-state index contributed by atoms with van der Waals surface area (Å²) in [5.74, 6) is 0.830. The van der Waals surface area contributed by atoms with E-state index < -0.39 is 0 Å². The molecular formula is C26H23NO2. The van der Waals surface area contributed by atoms with E-state index in [9.17, 15) is 4.79 Å². The summed E-state index contributed by atoms with van der Waals surface area (Å²) in [5, 5.41) is 2.27. The normalized spacial score (nSPS) is 14.5. The maximum absolute atomic E-state index is 12.7. The summed E-state index contributed by atoms with van der Waals surface area (Å²) < 4.78 is 5.83. The summed E-state index contributed by atoms with van der Waals surface area (Å²) in [6.07, 6.45) is 3.86. The molecule has 3 nitrogen and oxygen atoms in total. The summed E-state index contributed by atoms with van der Waals surface area (Å²) in [6, 6.07) is 20.8. The summed E-state index contributed by atoms with van der Waals surface area (Å²) in [5.41, 5.74) is 6.30. The second kappa shape index (κ2) is 7.32. The largest absolute Gasteiger partial charge is 0.493 e. The molecular weight excluding hydrogens is 358 g/mol. The molecule has 0 fully saturated rings. The van der Waals surface area contributed by atoms with Crippen LogP contribution in [-0.4, -0.2) is 18.2 Å². The fourth-order valence-electron chi connectivity index (χ4n) is 4.53. The molecule has 1 aliphatic carbocycles. The molecule has 0 bridgehead atoms. The van der Waals surface area contributed by atoms with Gasteiger partial charge in [-0.15, -0.1) is 0 Å². The Balaban J connectivity index is 1.45. The predicted molar refractivity (Wildman–Crippen MR) is 118 cm³/mol. The number of nitrogens with zero attached hydrogens (tertiary/aromatic N) is 1. The van der Waals surface area contributed by atoms with Gasteiger partial charge in [-0.25, -0.2) is 4.99 Å². The Morgan fingerprint density at radius 1 is 0.862 bits per heavy atom. The third kappa shape index (κ3) is 2.98. The molecule has 3 heteroatoms. The van der Waals surface area contributed by atoms with E-state index >= 15 is 0 Å². The van der Waals surface area contributed by atoms with Crippen LogP contribution >= 0.6 is 0 Å². The average Bonchev–Trinajstić information content (AvgIpc) is 3.23. The van der Waals surface area contributed by atoms with Crippen molar-refractivity contribution in [2.24, 2.45) is 4.99 Å². The predicted octanol–water partition coefficient (Wildman–Crippen LogP) is 5.75. The van der Waals surface area contributed by atoms with Gasteiger partial charge in [-0.3, -0.25) is 4.79 Å². The molecule has 144 valence electrons. The van der Waals surface area contributed by atoms with E-state index in [2.05, 4.69) is 47.5 Å². The van der Waals surface area contributed by atoms with Gasteiger partial charge < -0.3 is 4.74 Å². The Kier molecular flexibility index (Phi) is 4.51. The highest BCUT2D eigenvalue weighted by Gasteiger charge is 2.35. The van der Waals surface area contributed by atoms with E-state index in [1.807, 2.05) is 25.1 Å². The third-order valence-corrected chi connectivity index (χ3v) is 5.82. The van der Waals surface area contributed by atoms with E-state index in [0.717, 1.165) is 64.8 Å². The maximum Gasteiger partial charge on any atom is 0.274 e. The van der Waals surface area contributed by atoms with Crippen molar-refractivity contribution in [3.63, 3.8) is 0 Å². The Morgan fingerprint density at radius 3 is 2.52 bits per heavy atom. The molecule has 3 aromatic carbocycles. The topological polar surface area (TPSA) is 38.7 Å². The SMILES string of the molecule is CCOc1ccc2c3c(cccc13)C1=NC(=O)C(CCCCc3ccccc3)=C12. The number of hydrogen-bond acceptors (Lipinski definition) is 2. The zero-order chi connectivity index (χ0) is 19.8. The van der Waals surface area contributed by atoms with Gasteiger partial charge in [-0.05, 0) is 55.9 Å². The summed E-state index contributed by atoms with van der Waals surface area (Å²) in [4.78, 5) is 17.1. The van der Waals surface area contributed by atoms with Gasteiger partial charge >= 0.3 is 0 Å². The highest BCUT2D eigenvalue weighted by Crippen LogP contribution is 2.46. The van der Waals surface area contributed by atoms with Crippen LogP contribution in [0.5, 0.6) is 5.75 Å². The Bertz CT molecular complexity index is 1170. The zero-order valence-electron chi connectivity index (χ0n) is 16.6. The van der Waals surface area contributed by atoms with E-state index in [0.29, 0.717) is 6.61 Å². The van der Waals surface area contributed by atoms with E-state index in [1.165, 1.54) is 10.9 Å². The molecule has 3 aromatic rings. The van der Waals surface area contributed by atoms with Crippen LogP contribution < -0.4 is 4.74 Å². The number of allylic oxidation sites excluding steroid dienone is 1. The summed E-state index contributed by atoms with van der Waals surface area (Å²) in [7, 11) is 0. The standard InChI is InChI=1S/C26H23NO2/c1-2-29-22-16-15-19-23-18(22)13-8-14-20(23)25-24(19)21(26(28)27-25)12-7-6-11-17-9-4-3-5-10-17/h3-5,8-10,13-16H,2,6-7,11-12H2,1H3. The zero-order valence-corrected chi connectivity index (χ0v) is 16.6. The first-order valence-corrected chi connectivity index (χ1v) is 10.4. The van der Waals surface area contributed by atoms with Gasteiger partial charge in [0, 0.05) is 27.5 Å². The summed E-state index contributed by atoms with van der Waals surface area (Å²) in [6.45, 7) is 2.63. The van der Waals surface area contributed by atoms with Crippen molar-refractivity contribution in [1.29, 1.82) is 0 Å². The molecule has 0 atom stereocenters. The molecule has 1 amide bonds. The fourth-order valence-corrected chi connectivity index (χ4v) is 4.53. The number of aryl methyl sites for hydroxylation is 1. The van der Waals surface area contributed by atoms with Crippen LogP contribution in [0, 0.1) is 0 Å². The van der Waals surface area contributed by atoms with Gasteiger partial charge in [-0.1, -0.05) is 48.5 Å². The van der Waals surface area contributed by atoms with Crippen molar-refractivity contribution < 1.29 is 9.53 Å². The minimum absolute atomic E-state index is 0.0637. The molecule has 0 unspecified atom stereocenters. The van der Waals surface area contributed by atoms with Crippen LogP contribution in [0.4, 0.5) is 0 Å². The van der Waals surface area contributed by atoms with Crippen molar-refractivity contribution in [2.75, 3.05) is 6.61 Å². The molecule has 0 N–H and O–H groups in total. The first-order chi connectivity index (χ1) is 14.3. The Labute approximate surface area is 170 Å². The molecule has 0 radical (unpaired) electrons. The quantitative estimate of drug-likeness (QED) is 0.489. The monoisotopic (exact) mass is 381 g/mol. The van der Waals surface area contributed by atoms with Crippen molar-refractivity contribution in [3.05, 3.63) is 82.9 Å². The van der Waals surface area contributed by atoms with Gasteiger partial charge in [0.2, 0.25) is 0 Å². The van der Waals surface area contributed by atoms with E-state index in [-0.39, 0.29) is 5.91 Å². The van der Waals surface area contributed by atoms with Crippen molar-refractivity contribution in [2.45, 2.75) is 32.6 Å². The number of benzene rings is 3. The van der Waals surface area contributed by atoms with Gasteiger partial charge in [0.1, 0.15) is 5.75 Å². The second-order valence-corrected chi connectivity index (χ2v) is 7.58. The summed E-state index contributed by atoms with van der Waals surface area (Å²) >= 11 is 0. The molecule has 0 aromatic heterocycles. The maximum atomic E-state index is 12.7. The molecule has 0 spiro atoms. The molecule has 29 heavy (non-hydrogen) atoms. The van der Waals surface area contributed by atoms with Gasteiger partial charge in [0.05, 0.1) is 12.3 Å². The van der Waals surface area contributed by atoms with Crippen molar-refractivity contribution in [1.82, 2.24) is 0 Å². The number of amides is 1. The number of fused-ring (bicyclic) bond motifs is 3. The van der Waals surface area contributed by atoms with Crippen LogP contribution in [0.2, 0.25) is 0 Å². The van der Waals surface area contributed by atoms with Crippen LogP contribution in [0.25, 0.3) is 16.3 Å². The highest BCUT2D eigenvalue weighted by atomic mass is 16.5. The lowest BCUT2D eigenvalue weighted by Gasteiger charge is -2.10. The van der Waals surface area contributed by atoms with E-state index in [4.69, 9.17) is 4.74 Å². The minimum atomic E-state index is -0.0637. The van der Waals surface area contributed by atoms with Crippen molar-refractivity contribution in [3.8, 4) is 5.75 Å². The Morgan fingerprint density at radius 2 is 1.69 bits per heavy atom. The fraction of sp³-hybridized carbons (Fsp3) is 0.231. The number of carbonyl (C=O) groups is 1. The van der Waals surface area contributed by atoms with Crippen LogP contribution in [0.3, 0.4) is 0 Å². The second-order valence-electron chi connectivity index (χ2n) is 7.58. The van der Waals surface area contributed by atoms with Gasteiger partial charge in [0.15, 0.2) is 0 Å². The highest BCUT2D eigenvalue weighted by molar-refractivity contribution is 6.49. The number of hydrogen-bond donors (Lipinski definition) is 0.